The first-order valence-corrected chi connectivity index (χ1v) is 12.9. The molecule has 1 heterocycles. The Hall–Kier alpha value is -1.86. The Morgan fingerprint density at radius 1 is 1.03 bits per heavy atom. The molecule has 2 fully saturated rings. The minimum atomic E-state index is -1.15. The van der Waals surface area contributed by atoms with Gasteiger partial charge in [-0.1, -0.05) is 37.8 Å². The van der Waals surface area contributed by atoms with Gasteiger partial charge in [-0.25, -0.2) is 4.79 Å². The van der Waals surface area contributed by atoms with Gasteiger partial charge in [0.1, 0.15) is 11.5 Å². The van der Waals surface area contributed by atoms with E-state index in [4.69, 9.17) is 4.65 Å². The first-order valence-electron chi connectivity index (χ1n) is 12.9. The fourth-order valence-corrected chi connectivity index (χ4v) is 6.09. The van der Waals surface area contributed by atoms with Crippen molar-refractivity contribution in [3.05, 3.63) is 29.3 Å². The van der Waals surface area contributed by atoms with E-state index in [0.717, 1.165) is 43.7 Å². The van der Waals surface area contributed by atoms with Crippen molar-refractivity contribution in [2.75, 3.05) is 6.54 Å². The quantitative estimate of drug-likeness (QED) is 0.352. The molecular weight excluding hydrogens is 417 g/mol. The summed E-state index contributed by atoms with van der Waals surface area (Å²) < 4.78 is 5.54. The van der Waals surface area contributed by atoms with Crippen molar-refractivity contribution in [2.45, 2.75) is 95.3 Å². The number of rotatable bonds is 10. The van der Waals surface area contributed by atoms with Gasteiger partial charge in [-0.3, -0.25) is 4.79 Å². The average molecular weight is 455 g/mol. The molecule has 0 spiro atoms. The smallest absolute Gasteiger partial charge is 0.526 e. The molecule has 3 aliphatic rings. The van der Waals surface area contributed by atoms with Crippen LogP contribution in [0.25, 0.3) is 0 Å². The molecule has 0 saturated heterocycles. The maximum Gasteiger partial charge on any atom is 0.526 e. The Labute approximate surface area is 197 Å². The maximum absolute atomic E-state index is 12.8. The number of Topliss-reactive ketones (excluding diaryl/α,β-unsaturated/α-hetero) is 1. The SMILES string of the molecule is O=C(CC1CCC(NCCCC2CCCC2)CC1)C[C@H]1Cc2cccc(C(=O)O)c2OB1O. The van der Waals surface area contributed by atoms with Gasteiger partial charge in [0, 0.05) is 24.7 Å². The molecule has 0 unspecified atom stereocenters. The van der Waals surface area contributed by atoms with Crippen LogP contribution in [0.3, 0.4) is 0 Å². The zero-order chi connectivity index (χ0) is 23.2. The molecule has 7 heteroatoms. The van der Waals surface area contributed by atoms with Crippen LogP contribution in [0.1, 0.15) is 93.0 Å². The van der Waals surface area contributed by atoms with Gasteiger partial charge in [0.15, 0.2) is 0 Å². The van der Waals surface area contributed by atoms with Gasteiger partial charge >= 0.3 is 13.1 Å². The molecule has 1 aromatic rings. The number of para-hydroxylation sites is 1. The number of aromatic carboxylic acids is 1. The molecule has 180 valence electrons. The molecule has 33 heavy (non-hydrogen) atoms. The van der Waals surface area contributed by atoms with E-state index < -0.39 is 13.1 Å². The van der Waals surface area contributed by atoms with Gasteiger partial charge in [0.25, 0.3) is 0 Å². The Bertz CT molecular complexity index is 817. The van der Waals surface area contributed by atoms with Crippen LogP contribution in [-0.2, 0) is 11.2 Å². The lowest BCUT2D eigenvalue weighted by atomic mass is 9.64. The van der Waals surface area contributed by atoms with Crippen LogP contribution >= 0.6 is 0 Å². The minimum Gasteiger partial charge on any atom is -0.535 e. The highest BCUT2D eigenvalue weighted by atomic mass is 16.5. The van der Waals surface area contributed by atoms with Gasteiger partial charge in [-0.05, 0) is 75.0 Å². The fourth-order valence-electron chi connectivity index (χ4n) is 6.09. The van der Waals surface area contributed by atoms with Crippen LogP contribution in [0.4, 0.5) is 0 Å². The van der Waals surface area contributed by atoms with Gasteiger partial charge in [0.05, 0.1) is 5.56 Å². The summed E-state index contributed by atoms with van der Waals surface area (Å²) in [5.74, 6) is 0.402. The zero-order valence-corrected chi connectivity index (χ0v) is 19.6. The molecule has 1 aliphatic heterocycles. The normalized spacial score (nSPS) is 25.5. The summed E-state index contributed by atoms with van der Waals surface area (Å²) in [6.07, 6.45) is 14.1. The molecule has 1 aromatic carbocycles. The molecule has 0 radical (unpaired) electrons. The summed E-state index contributed by atoms with van der Waals surface area (Å²) in [5.41, 5.74) is 0.803. The lowest BCUT2D eigenvalue weighted by molar-refractivity contribution is -0.120. The lowest BCUT2D eigenvalue weighted by Crippen LogP contribution is -2.36. The highest BCUT2D eigenvalue weighted by molar-refractivity contribution is 6.47. The summed E-state index contributed by atoms with van der Waals surface area (Å²) in [4.78, 5) is 24.1. The van der Waals surface area contributed by atoms with Gasteiger partial charge < -0.3 is 20.1 Å². The topological polar surface area (TPSA) is 95.9 Å². The van der Waals surface area contributed by atoms with E-state index in [1.165, 1.54) is 44.6 Å². The molecule has 2 saturated carbocycles. The number of carboxylic acids is 1. The third-order valence-electron chi connectivity index (χ3n) is 8.00. The largest absolute Gasteiger partial charge is 0.535 e. The number of carbonyl (C=O) groups excluding carboxylic acids is 1. The Balaban J connectivity index is 1.16. The molecule has 3 N–H and O–H groups in total. The van der Waals surface area contributed by atoms with Crippen molar-refractivity contribution < 1.29 is 24.4 Å². The summed E-state index contributed by atoms with van der Waals surface area (Å²) in [7, 11) is -1.15. The number of benzene rings is 1. The summed E-state index contributed by atoms with van der Waals surface area (Å²) >= 11 is 0. The third-order valence-corrected chi connectivity index (χ3v) is 8.00. The van der Waals surface area contributed by atoms with E-state index in [9.17, 15) is 19.7 Å². The molecular formula is C26H38BNO5. The molecule has 4 rings (SSSR count). The van der Waals surface area contributed by atoms with Crippen LogP contribution in [0.5, 0.6) is 5.75 Å². The van der Waals surface area contributed by atoms with Crippen molar-refractivity contribution >= 4 is 18.9 Å². The van der Waals surface area contributed by atoms with Gasteiger partial charge in [-0.15, -0.1) is 0 Å². The van der Waals surface area contributed by atoms with E-state index >= 15 is 0 Å². The Morgan fingerprint density at radius 2 is 1.79 bits per heavy atom. The van der Waals surface area contributed by atoms with Crippen LogP contribution in [0, 0.1) is 11.8 Å². The van der Waals surface area contributed by atoms with E-state index in [1.807, 2.05) is 6.07 Å². The van der Waals surface area contributed by atoms with E-state index in [0.29, 0.717) is 24.8 Å². The van der Waals surface area contributed by atoms with Gasteiger partial charge in [0.2, 0.25) is 0 Å². The monoisotopic (exact) mass is 455 g/mol. The average Bonchev–Trinajstić information content (AvgIpc) is 3.31. The summed E-state index contributed by atoms with van der Waals surface area (Å²) in [6, 6.07) is 5.56. The lowest BCUT2D eigenvalue weighted by Gasteiger charge is -2.30. The predicted octanol–water partition coefficient (Wildman–Crippen LogP) is 4.64. The fraction of sp³-hybridized carbons (Fsp3) is 0.692. The van der Waals surface area contributed by atoms with Crippen molar-refractivity contribution in [2.24, 2.45) is 11.8 Å². The number of hydrogen-bond acceptors (Lipinski definition) is 5. The molecule has 0 amide bonds. The number of carboxylic acid groups (broad SMARTS) is 1. The molecule has 2 aliphatic carbocycles. The van der Waals surface area contributed by atoms with E-state index in [2.05, 4.69) is 5.32 Å². The molecule has 0 aromatic heterocycles. The first-order chi connectivity index (χ1) is 16.0. The third kappa shape index (κ3) is 6.60. The van der Waals surface area contributed by atoms with Crippen LogP contribution in [0.2, 0.25) is 5.82 Å². The Kier molecular flexibility index (Phi) is 8.47. The van der Waals surface area contributed by atoms with Gasteiger partial charge in [-0.2, -0.15) is 0 Å². The zero-order valence-electron chi connectivity index (χ0n) is 19.6. The van der Waals surface area contributed by atoms with Crippen LogP contribution in [0.15, 0.2) is 18.2 Å². The molecule has 6 nitrogen and oxygen atoms in total. The predicted molar refractivity (Wildman–Crippen MR) is 129 cm³/mol. The number of hydrogen-bond donors (Lipinski definition) is 3. The summed E-state index contributed by atoms with van der Waals surface area (Å²) in [6.45, 7) is 1.12. The van der Waals surface area contributed by atoms with Crippen molar-refractivity contribution in [3.63, 3.8) is 0 Å². The first kappa shape index (κ1) is 24.3. The number of nitrogens with one attached hydrogen (secondary N) is 1. The molecule has 0 bridgehead atoms. The summed E-state index contributed by atoms with van der Waals surface area (Å²) in [5, 5.41) is 23.5. The van der Waals surface area contributed by atoms with E-state index in [-0.39, 0.29) is 29.3 Å². The molecule has 1 atom stereocenters. The van der Waals surface area contributed by atoms with Crippen molar-refractivity contribution in [1.29, 1.82) is 0 Å². The number of ketones is 1. The second-order valence-corrected chi connectivity index (χ2v) is 10.5. The van der Waals surface area contributed by atoms with Crippen LogP contribution < -0.4 is 9.97 Å². The van der Waals surface area contributed by atoms with Crippen LogP contribution in [-0.4, -0.2) is 41.6 Å². The highest BCUT2D eigenvalue weighted by Gasteiger charge is 2.38. The second-order valence-electron chi connectivity index (χ2n) is 10.5. The second kappa shape index (κ2) is 11.5. The maximum atomic E-state index is 12.8. The van der Waals surface area contributed by atoms with E-state index in [1.54, 1.807) is 6.07 Å². The minimum absolute atomic E-state index is 0.0558. The number of carbonyl (C=O) groups is 2. The standard InChI is InChI=1S/C26H38BNO5/c29-23(17-21-16-20-8-3-9-24(26(30)31)25(20)33-27(21)32)15-19-10-12-22(13-11-19)28-14-4-7-18-5-1-2-6-18/h3,8-9,18-19,21-22,28,32H,1-2,4-7,10-17H2,(H,30,31)/t19?,21-,22?/m1/s1. The number of fused-ring (bicyclic) bond motifs is 1. The highest BCUT2D eigenvalue weighted by Crippen LogP contribution is 2.37. The van der Waals surface area contributed by atoms with Crippen molar-refractivity contribution in [3.8, 4) is 5.75 Å². The Morgan fingerprint density at radius 3 is 2.52 bits per heavy atom. The van der Waals surface area contributed by atoms with Crippen molar-refractivity contribution in [1.82, 2.24) is 5.32 Å².